The first-order chi connectivity index (χ1) is 9.90. The highest BCUT2D eigenvalue weighted by molar-refractivity contribution is 7.90. The molecule has 112 valence electrons. The molecule has 0 unspecified atom stereocenters. The number of sulfonamides is 1. The summed E-state index contributed by atoms with van der Waals surface area (Å²) >= 11 is 5.71. The van der Waals surface area contributed by atoms with Gasteiger partial charge in [-0.3, -0.25) is 0 Å². The fraction of sp³-hybridized carbons (Fsp3) is 0.462. The van der Waals surface area contributed by atoms with Gasteiger partial charge in [0.05, 0.1) is 16.8 Å². The van der Waals surface area contributed by atoms with Crippen molar-refractivity contribution in [1.29, 1.82) is 0 Å². The summed E-state index contributed by atoms with van der Waals surface area (Å²) in [5, 5.41) is 2.76. The lowest BCUT2D eigenvalue weighted by molar-refractivity contribution is 0.278. The number of benzene rings is 1. The smallest absolute Gasteiger partial charge is 0.266 e. The Labute approximate surface area is 126 Å². The van der Waals surface area contributed by atoms with Crippen molar-refractivity contribution in [3.63, 3.8) is 0 Å². The van der Waals surface area contributed by atoms with Crippen LogP contribution in [-0.4, -0.2) is 20.4 Å². The van der Waals surface area contributed by atoms with Gasteiger partial charge in [-0.1, -0.05) is 18.0 Å². The first-order valence-electron chi connectivity index (χ1n) is 6.76. The van der Waals surface area contributed by atoms with Crippen molar-refractivity contribution in [1.82, 2.24) is 4.72 Å². The molecule has 2 N–H and O–H groups in total. The molecule has 0 amide bonds. The largest absolute Gasteiger partial charge is 0.324 e. The monoisotopic (exact) mass is 329 g/mol. The van der Waals surface area contributed by atoms with Crippen LogP contribution in [0.3, 0.4) is 0 Å². The fourth-order valence-corrected chi connectivity index (χ4v) is 4.37. The molecule has 2 aliphatic carbocycles. The minimum absolute atomic E-state index is 0.125. The van der Waals surface area contributed by atoms with Gasteiger partial charge in [-0.15, -0.1) is 0 Å². The first kappa shape index (κ1) is 13.3. The van der Waals surface area contributed by atoms with Crippen LogP contribution in [0.4, 0.5) is 10.1 Å². The lowest BCUT2D eigenvalue weighted by Crippen LogP contribution is -2.41. The standard InChI is InChI=1S/C13H13ClFN3O2S/c14-7-4-9-10(5-8(7)15)21(19,20)18-12(16-9)17-11-6-13(11)2-1-3-13/h4-5,11H,1-3,6H2,(H2,16,17,18)/t11-/m1/s1. The minimum Gasteiger partial charge on any atom is -0.324 e. The molecule has 1 aromatic rings. The Morgan fingerprint density at radius 2 is 2.14 bits per heavy atom. The summed E-state index contributed by atoms with van der Waals surface area (Å²) in [4.78, 5) is 4.29. The summed E-state index contributed by atoms with van der Waals surface area (Å²) in [5.41, 5.74) is 0.558. The van der Waals surface area contributed by atoms with Gasteiger partial charge in [0.25, 0.3) is 10.0 Å². The van der Waals surface area contributed by atoms with Gasteiger partial charge >= 0.3 is 0 Å². The second-order valence-electron chi connectivity index (χ2n) is 5.91. The summed E-state index contributed by atoms with van der Waals surface area (Å²) in [6, 6.07) is 2.36. The average molecular weight is 330 g/mol. The summed E-state index contributed by atoms with van der Waals surface area (Å²) in [6.45, 7) is 0. The van der Waals surface area contributed by atoms with Crippen LogP contribution in [-0.2, 0) is 10.0 Å². The zero-order valence-corrected chi connectivity index (χ0v) is 12.6. The number of anilines is 1. The van der Waals surface area contributed by atoms with Crippen LogP contribution in [0.5, 0.6) is 0 Å². The van der Waals surface area contributed by atoms with Crippen molar-refractivity contribution < 1.29 is 12.8 Å². The van der Waals surface area contributed by atoms with Gasteiger partial charge in [-0.05, 0) is 36.8 Å². The van der Waals surface area contributed by atoms with E-state index in [4.69, 9.17) is 11.6 Å². The van der Waals surface area contributed by atoms with Gasteiger partial charge in [-0.2, -0.15) is 0 Å². The summed E-state index contributed by atoms with van der Waals surface area (Å²) < 4.78 is 40.1. The van der Waals surface area contributed by atoms with Crippen LogP contribution in [0.1, 0.15) is 25.7 Å². The third kappa shape index (κ3) is 2.02. The SMILES string of the molecule is O=S1(=O)NC(=N[C@@H]2CC23CCC3)Nc2cc(Cl)c(F)cc21. The molecule has 21 heavy (non-hydrogen) atoms. The van der Waals surface area contributed by atoms with E-state index >= 15 is 0 Å². The second kappa shape index (κ2) is 4.10. The summed E-state index contributed by atoms with van der Waals surface area (Å²) in [5.74, 6) is -0.572. The topological polar surface area (TPSA) is 70.6 Å². The third-order valence-electron chi connectivity index (χ3n) is 4.58. The van der Waals surface area contributed by atoms with Gasteiger partial charge < -0.3 is 5.32 Å². The summed E-state index contributed by atoms with van der Waals surface area (Å²) in [7, 11) is -3.82. The van der Waals surface area contributed by atoms with Crippen LogP contribution in [0.25, 0.3) is 0 Å². The highest BCUT2D eigenvalue weighted by Gasteiger charge is 2.58. The number of rotatable bonds is 1. The molecule has 4 rings (SSSR count). The number of hydrogen-bond acceptors (Lipinski definition) is 3. The normalized spacial score (nSPS) is 29.2. The van der Waals surface area contributed by atoms with Gasteiger partial charge in [0.1, 0.15) is 10.7 Å². The minimum atomic E-state index is -3.82. The van der Waals surface area contributed by atoms with Crippen LogP contribution < -0.4 is 10.0 Å². The van der Waals surface area contributed by atoms with Crippen LogP contribution in [0.15, 0.2) is 22.0 Å². The van der Waals surface area contributed by atoms with E-state index in [9.17, 15) is 12.8 Å². The Balaban J connectivity index is 1.69. The molecule has 1 aromatic carbocycles. The van der Waals surface area contributed by atoms with E-state index < -0.39 is 15.8 Å². The Morgan fingerprint density at radius 3 is 2.76 bits per heavy atom. The molecular formula is C13H13ClFN3O2S. The Morgan fingerprint density at radius 1 is 1.38 bits per heavy atom. The van der Waals surface area contributed by atoms with E-state index in [1.807, 2.05) is 0 Å². The maximum Gasteiger partial charge on any atom is 0.266 e. The van der Waals surface area contributed by atoms with E-state index in [0.717, 1.165) is 25.3 Å². The molecule has 2 saturated carbocycles. The molecule has 1 spiro atoms. The van der Waals surface area contributed by atoms with Crippen LogP contribution in [0, 0.1) is 11.2 Å². The van der Waals surface area contributed by atoms with E-state index in [1.54, 1.807) is 0 Å². The maximum atomic E-state index is 13.4. The number of fused-ring (bicyclic) bond motifs is 1. The zero-order chi connectivity index (χ0) is 14.8. The molecule has 0 radical (unpaired) electrons. The van der Waals surface area contributed by atoms with E-state index in [2.05, 4.69) is 15.0 Å². The van der Waals surface area contributed by atoms with Crippen LogP contribution >= 0.6 is 11.6 Å². The molecule has 0 bridgehead atoms. The lowest BCUT2D eigenvalue weighted by Gasteiger charge is -2.26. The molecule has 1 heterocycles. The third-order valence-corrected chi connectivity index (χ3v) is 6.25. The number of nitrogens with one attached hydrogen (secondary N) is 2. The van der Waals surface area contributed by atoms with Gasteiger partial charge in [0.2, 0.25) is 5.96 Å². The van der Waals surface area contributed by atoms with Crippen molar-refractivity contribution in [2.75, 3.05) is 5.32 Å². The highest BCUT2D eigenvalue weighted by atomic mass is 35.5. The number of halogens is 2. The van der Waals surface area contributed by atoms with Crippen molar-refractivity contribution in [2.45, 2.75) is 36.6 Å². The molecular weight excluding hydrogens is 317 g/mol. The van der Waals surface area contributed by atoms with Gasteiger partial charge in [0, 0.05) is 0 Å². The van der Waals surface area contributed by atoms with Gasteiger partial charge in [0.15, 0.2) is 0 Å². The number of guanidine groups is 1. The Kier molecular flexibility index (Phi) is 2.60. The van der Waals surface area contributed by atoms with Crippen molar-refractivity contribution in [2.24, 2.45) is 10.4 Å². The first-order valence-corrected chi connectivity index (χ1v) is 8.62. The molecule has 2 fully saturated rings. The van der Waals surface area contributed by atoms with E-state index in [-0.39, 0.29) is 27.6 Å². The average Bonchev–Trinajstić information content (AvgIpc) is 3.05. The number of aliphatic imine (C=N–C) groups is 1. The van der Waals surface area contributed by atoms with Gasteiger partial charge in [-0.25, -0.2) is 22.5 Å². The second-order valence-corrected chi connectivity index (χ2v) is 7.96. The summed E-state index contributed by atoms with van der Waals surface area (Å²) in [6.07, 6.45) is 4.55. The van der Waals surface area contributed by atoms with Crippen molar-refractivity contribution in [3.8, 4) is 0 Å². The lowest BCUT2D eigenvalue weighted by atomic mass is 9.81. The molecule has 5 nitrogen and oxygen atoms in total. The highest BCUT2D eigenvalue weighted by Crippen LogP contribution is 2.62. The molecule has 8 heteroatoms. The zero-order valence-electron chi connectivity index (χ0n) is 11.0. The fourth-order valence-electron chi connectivity index (χ4n) is 3.08. The molecule has 0 aromatic heterocycles. The predicted molar refractivity (Wildman–Crippen MR) is 77.5 cm³/mol. The molecule has 0 saturated heterocycles. The quantitative estimate of drug-likeness (QED) is 0.831. The molecule has 1 aliphatic heterocycles. The maximum absolute atomic E-state index is 13.4. The number of nitrogens with zero attached hydrogens (tertiary/aromatic N) is 1. The Bertz CT molecular complexity index is 774. The number of hydrogen-bond donors (Lipinski definition) is 2. The van der Waals surface area contributed by atoms with Crippen LogP contribution in [0.2, 0.25) is 5.02 Å². The predicted octanol–water partition coefficient (Wildman–Crippen LogP) is 2.48. The van der Waals surface area contributed by atoms with Crippen molar-refractivity contribution >= 4 is 33.3 Å². The van der Waals surface area contributed by atoms with E-state index in [1.165, 1.54) is 12.5 Å². The molecule has 1 atom stereocenters. The van der Waals surface area contributed by atoms with E-state index in [0.29, 0.717) is 5.41 Å². The van der Waals surface area contributed by atoms with Crippen molar-refractivity contribution in [3.05, 3.63) is 23.0 Å². The molecule has 3 aliphatic rings. The Hall–Kier alpha value is -1.34.